The quantitative estimate of drug-likeness (QED) is 0.439. The summed E-state index contributed by atoms with van der Waals surface area (Å²) in [5.74, 6) is -0.203. The zero-order valence-corrected chi connectivity index (χ0v) is 15.9. The van der Waals surface area contributed by atoms with Gasteiger partial charge >= 0.3 is 0 Å². The lowest BCUT2D eigenvalue weighted by molar-refractivity contribution is -0.384. The van der Waals surface area contributed by atoms with Gasteiger partial charge in [-0.1, -0.05) is 31.2 Å². The highest BCUT2D eigenvalue weighted by Crippen LogP contribution is 2.18. The highest BCUT2D eigenvalue weighted by Gasteiger charge is 2.14. The normalized spacial score (nSPS) is 12.3. The van der Waals surface area contributed by atoms with Crippen molar-refractivity contribution >= 4 is 17.7 Å². The van der Waals surface area contributed by atoms with E-state index in [0.29, 0.717) is 6.54 Å². The van der Waals surface area contributed by atoms with Gasteiger partial charge in [-0.25, -0.2) is 0 Å². The molecule has 1 N–H and O–H groups in total. The average molecular weight is 367 g/mol. The van der Waals surface area contributed by atoms with Crippen LogP contribution >= 0.6 is 0 Å². The molecule has 1 unspecified atom stereocenters. The maximum atomic E-state index is 12.1. The summed E-state index contributed by atoms with van der Waals surface area (Å²) in [6, 6.07) is 14.6. The van der Waals surface area contributed by atoms with Gasteiger partial charge in [-0.3, -0.25) is 14.9 Å². The zero-order chi connectivity index (χ0) is 19.8. The molecule has 142 valence electrons. The van der Waals surface area contributed by atoms with Crippen LogP contribution in [-0.2, 0) is 11.2 Å². The Kier molecular flexibility index (Phi) is 7.25. The Morgan fingerprint density at radius 1 is 1.15 bits per heavy atom. The number of carbonyl (C=O) groups excluding carboxylic acids is 1. The van der Waals surface area contributed by atoms with Crippen LogP contribution in [0.4, 0.5) is 5.69 Å². The van der Waals surface area contributed by atoms with E-state index >= 15 is 0 Å². The molecule has 0 fully saturated rings. The number of hydrogen-bond donors (Lipinski definition) is 1. The Morgan fingerprint density at radius 2 is 1.78 bits per heavy atom. The van der Waals surface area contributed by atoms with Crippen LogP contribution in [0.2, 0.25) is 0 Å². The van der Waals surface area contributed by atoms with E-state index in [-0.39, 0.29) is 17.6 Å². The lowest BCUT2D eigenvalue weighted by Gasteiger charge is -2.25. The van der Waals surface area contributed by atoms with Crippen molar-refractivity contribution < 1.29 is 9.72 Å². The fraction of sp³-hybridized carbons (Fsp3) is 0.286. The molecule has 0 saturated carbocycles. The van der Waals surface area contributed by atoms with E-state index in [1.54, 1.807) is 18.2 Å². The lowest BCUT2D eigenvalue weighted by atomic mass is 10.0. The highest BCUT2D eigenvalue weighted by molar-refractivity contribution is 5.91. The summed E-state index contributed by atoms with van der Waals surface area (Å²) < 4.78 is 0. The van der Waals surface area contributed by atoms with E-state index in [1.165, 1.54) is 23.8 Å². The van der Waals surface area contributed by atoms with Gasteiger partial charge in [0.1, 0.15) is 0 Å². The molecule has 27 heavy (non-hydrogen) atoms. The molecule has 2 rings (SSSR count). The molecule has 6 nitrogen and oxygen atoms in total. The summed E-state index contributed by atoms with van der Waals surface area (Å²) in [6.45, 7) is 2.61. The van der Waals surface area contributed by atoms with Crippen LogP contribution in [-0.4, -0.2) is 36.4 Å². The van der Waals surface area contributed by atoms with Gasteiger partial charge in [-0.2, -0.15) is 0 Å². The molecule has 0 aliphatic rings. The van der Waals surface area contributed by atoms with Crippen LogP contribution in [0.3, 0.4) is 0 Å². The number of non-ortho nitro benzene ring substituents is 1. The van der Waals surface area contributed by atoms with Gasteiger partial charge in [0.2, 0.25) is 5.91 Å². The number of nitrogens with one attached hydrogen (secondary N) is 1. The molecule has 0 aromatic heterocycles. The molecule has 6 heteroatoms. The number of nitro benzene ring substituents is 1. The van der Waals surface area contributed by atoms with E-state index in [0.717, 1.165) is 17.5 Å². The van der Waals surface area contributed by atoms with Crippen molar-refractivity contribution in [2.45, 2.75) is 19.4 Å². The number of carbonyl (C=O) groups is 1. The molecule has 0 spiro atoms. The molecule has 0 radical (unpaired) electrons. The van der Waals surface area contributed by atoms with E-state index < -0.39 is 4.92 Å². The van der Waals surface area contributed by atoms with Gasteiger partial charge < -0.3 is 10.2 Å². The van der Waals surface area contributed by atoms with Crippen molar-refractivity contribution in [1.82, 2.24) is 10.2 Å². The molecule has 0 aliphatic carbocycles. The van der Waals surface area contributed by atoms with E-state index in [2.05, 4.69) is 41.4 Å². The number of rotatable bonds is 8. The maximum absolute atomic E-state index is 12.1. The standard InChI is InChI=1S/C21H25N3O3/c1-4-16-5-10-18(11-6-16)20(23(2)3)15-22-21(25)14-9-17-7-12-19(13-8-17)24(26)27/h5-14,20H,4,15H2,1-3H3,(H,22,25)/b14-9+. The third-order valence-corrected chi connectivity index (χ3v) is 4.40. The Bertz CT molecular complexity index is 796. The van der Waals surface area contributed by atoms with Gasteiger partial charge in [0.05, 0.1) is 11.0 Å². The van der Waals surface area contributed by atoms with Crippen molar-refractivity contribution in [2.24, 2.45) is 0 Å². The SMILES string of the molecule is CCc1ccc(C(CNC(=O)/C=C/c2ccc([N+](=O)[O-])cc2)N(C)C)cc1. The van der Waals surface area contributed by atoms with Crippen LogP contribution in [0.25, 0.3) is 6.08 Å². The highest BCUT2D eigenvalue weighted by atomic mass is 16.6. The van der Waals surface area contributed by atoms with Crippen molar-refractivity contribution in [3.8, 4) is 0 Å². The number of benzene rings is 2. The summed E-state index contributed by atoms with van der Waals surface area (Å²) in [5, 5.41) is 13.6. The Labute approximate surface area is 159 Å². The van der Waals surface area contributed by atoms with Crippen LogP contribution in [0.5, 0.6) is 0 Å². The first-order valence-electron chi connectivity index (χ1n) is 8.86. The van der Waals surface area contributed by atoms with E-state index in [4.69, 9.17) is 0 Å². The minimum absolute atomic E-state index is 0.0273. The fourth-order valence-corrected chi connectivity index (χ4v) is 2.71. The van der Waals surface area contributed by atoms with E-state index in [9.17, 15) is 14.9 Å². The smallest absolute Gasteiger partial charge is 0.269 e. The molecule has 1 atom stereocenters. The van der Waals surface area contributed by atoms with Crippen molar-refractivity contribution in [3.63, 3.8) is 0 Å². The fourth-order valence-electron chi connectivity index (χ4n) is 2.71. The minimum Gasteiger partial charge on any atom is -0.351 e. The van der Waals surface area contributed by atoms with Gasteiger partial charge in [0.25, 0.3) is 5.69 Å². The van der Waals surface area contributed by atoms with E-state index in [1.807, 2.05) is 14.1 Å². The molecule has 1 amide bonds. The second-order valence-electron chi connectivity index (χ2n) is 6.50. The van der Waals surface area contributed by atoms with Crippen molar-refractivity contribution in [1.29, 1.82) is 0 Å². The molecule has 0 heterocycles. The number of nitro groups is 1. The monoisotopic (exact) mass is 367 g/mol. The lowest BCUT2D eigenvalue weighted by Crippen LogP contribution is -2.33. The first-order valence-corrected chi connectivity index (χ1v) is 8.86. The first kappa shape index (κ1) is 20.3. The summed E-state index contributed by atoms with van der Waals surface area (Å²) >= 11 is 0. The number of amides is 1. The predicted molar refractivity (Wildman–Crippen MR) is 107 cm³/mol. The second-order valence-corrected chi connectivity index (χ2v) is 6.50. The molecule has 0 bridgehead atoms. The van der Waals surface area contributed by atoms with Crippen molar-refractivity contribution in [3.05, 3.63) is 81.4 Å². The van der Waals surface area contributed by atoms with Gasteiger partial charge in [-0.15, -0.1) is 0 Å². The topological polar surface area (TPSA) is 75.5 Å². The Balaban J connectivity index is 1.95. The van der Waals surface area contributed by atoms with Crippen LogP contribution < -0.4 is 5.32 Å². The number of aryl methyl sites for hydroxylation is 1. The third-order valence-electron chi connectivity index (χ3n) is 4.40. The summed E-state index contributed by atoms with van der Waals surface area (Å²) in [4.78, 5) is 24.4. The molecule has 2 aromatic carbocycles. The molecule has 0 aliphatic heterocycles. The second kappa shape index (κ2) is 9.64. The van der Waals surface area contributed by atoms with Gasteiger partial charge in [0, 0.05) is 24.8 Å². The summed E-state index contributed by atoms with van der Waals surface area (Å²) in [6.07, 6.45) is 4.07. The molecular formula is C21H25N3O3. The largest absolute Gasteiger partial charge is 0.351 e. The third kappa shape index (κ3) is 6.04. The number of hydrogen-bond acceptors (Lipinski definition) is 4. The van der Waals surface area contributed by atoms with Crippen LogP contribution in [0.1, 0.15) is 29.7 Å². The van der Waals surface area contributed by atoms with Crippen molar-refractivity contribution in [2.75, 3.05) is 20.6 Å². The van der Waals surface area contributed by atoms with Crippen LogP contribution in [0.15, 0.2) is 54.6 Å². The van der Waals surface area contributed by atoms with Gasteiger partial charge in [0.15, 0.2) is 0 Å². The zero-order valence-electron chi connectivity index (χ0n) is 15.9. The molecule has 0 saturated heterocycles. The number of nitrogens with zero attached hydrogens (tertiary/aromatic N) is 2. The van der Waals surface area contributed by atoms with Gasteiger partial charge in [-0.05, 0) is 55.4 Å². The van der Waals surface area contributed by atoms with Crippen LogP contribution in [0, 0.1) is 10.1 Å². The summed E-state index contributed by atoms with van der Waals surface area (Å²) in [5.41, 5.74) is 3.19. The first-order chi connectivity index (χ1) is 12.9. The Morgan fingerprint density at radius 3 is 2.30 bits per heavy atom. The Hall–Kier alpha value is -2.99. The predicted octanol–water partition coefficient (Wildman–Crippen LogP) is 3.59. The molecular weight excluding hydrogens is 342 g/mol. The minimum atomic E-state index is -0.450. The summed E-state index contributed by atoms with van der Waals surface area (Å²) in [7, 11) is 3.97. The number of likely N-dealkylation sites (N-methyl/N-ethyl adjacent to an activating group) is 1. The average Bonchev–Trinajstić information content (AvgIpc) is 2.67. The maximum Gasteiger partial charge on any atom is 0.269 e. The molecule has 2 aromatic rings.